The van der Waals surface area contributed by atoms with Crippen LogP contribution < -0.4 is 10.5 Å². The van der Waals surface area contributed by atoms with Crippen molar-refractivity contribution in [1.82, 2.24) is 15.0 Å². The Balaban J connectivity index is 2.35. The standard InChI is InChI=1S/C10H8Cl2N4O3/c1-18-10(17)19-9-8(13)16(15-14-9)5-2-3-6(11)7(12)4-5/h2-4H,13H2,1H3. The average Bonchev–Trinajstić information content (AvgIpc) is 2.74. The second-order valence-electron chi connectivity index (χ2n) is 3.35. The third-order valence-corrected chi connectivity index (χ3v) is 2.91. The highest BCUT2D eigenvalue weighted by Gasteiger charge is 2.16. The Labute approximate surface area is 117 Å². The number of benzene rings is 1. The Morgan fingerprint density at radius 2 is 2.11 bits per heavy atom. The van der Waals surface area contributed by atoms with E-state index in [0.29, 0.717) is 15.7 Å². The summed E-state index contributed by atoms with van der Waals surface area (Å²) in [4.78, 5) is 11.0. The average molecular weight is 303 g/mol. The number of rotatable bonds is 2. The first-order chi connectivity index (χ1) is 9.02. The molecule has 9 heteroatoms. The molecule has 0 fully saturated rings. The van der Waals surface area contributed by atoms with Gasteiger partial charge in [-0.15, -0.1) is 0 Å². The summed E-state index contributed by atoms with van der Waals surface area (Å²) in [5.41, 5.74) is 6.28. The fourth-order valence-corrected chi connectivity index (χ4v) is 1.57. The van der Waals surface area contributed by atoms with Gasteiger partial charge in [0, 0.05) is 0 Å². The number of carbonyl (C=O) groups excluding carboxylic acids is 1. The Bertz CT molecular complexity index is 629. The number of ether oxygens (including phenoxy) is 2. The Morgan fingerprint density at radius 1 is 1.37 bits per heavy atom. The lowest BCUT2D eigenvalue weighted by Crippen LogP contribution is -2.09. The van der Waals surface area contributed by atoms with Crippen molar-refractivity contribution >= 4 is 35.2 Å². The van der Waals surface area contributed by atoms with Gasteiger partial charge in [-0.25, -0.2) is 4.79 Å². The summed E-state index contributed by atoms with van der Waals surface area (Å²) in [5.74, 6) is -0.123. The van der Waals surface area contributed by atoms with Gasteiger partial charge in [0.25, 0.3) is 5.88 Å². The van der Waals surface area contributed by atoms with Gasteiger partial charge >= 0.3 is 6.16 Å². The van der Waals surface area contributed by atoms with Gasteiger partial charge in [-0.3, -0.25) is 0 Å². The molecule has 0 amide bonds. The van der Waals surface area contributed by atoms with E-state index in [2.05, 4.69) is 15.0 Å². The second kappa shape index (κ2) is 5.33. The molecule has 0 aliphatic heterocycles. The van der Waals surface area contributed by atoms with E-state index < -0.39 is 6.16 Å². The predicted octanol–water partition coefficient (Wildman–Crippen LogP) is 2.30. The smallest absolute Gasteiger partial charge is 0.437 e. The van der Waals surface area contributed by atoms with E-state index in [0.717, 1.165) is 0 Å². The largest absolute Gasteiger partial charge is 0.515 e. The van der Waals surface area contributed by atoms with Gasteiger partial charge in [0.15, 0.2) is 5.82 Å². The van der Waals surface area contributed by atoms with Gasteiger partial charge in [-0.05, 0) is 18.2 Å². The van der Waals surface area contributed by atoms with E-state index in [1.807, 2.05) is 0 Å². The molecule has 100 valence electrons. The number of anilines is 1. The van der Waals surface area contributed by atoms with Crippen LogP contribution >= 0.6 is 23.2 Å². The summed E-state index contributed by atoms with van der Waals surface area (Å²) < 4.78 is 10.3. The van der Waals surface area contributed by atoms with Crippen molar-refractivity contribution in [3.8, 4) is 11.6 Å². The second-order valence-corrected chi connectivity index (χ2v) is 4.16. The lowest BCUT2D eigenvalue weighted by molar-refractivity contribution is 0.120. The van der Waals surface area contributed by atoms with Crippen LogP contribution in [0.2, 0.25) is 10.0 Å². The molecule has 0 bridgehead atoms. The van der Waals surface area contributed by atoms with Crippen LogP contribution in [-0.2, 0) is 4.74 Å². The Kier molecular flexibility index (Phi) is 3.77. The Morgan fingerprint density at radius 3 is 2.74 bits per heavy atom. The maximum absolute atomic E-state index is 11.0. The zero-order chi connectivity index (χ0) is 14.0. The van der Waals surface area contributed by atoms with E-state index in [1.54, 1.807) is 18.2 Å². The molecule has 0 spiro atoms. The molecular weight excluding hydrogens is 295 g/mol. The number of halogens is 2. The maximum atomic E-state index is 11.0. The molecule has 0 saturated carbocycles. The molecule has 7 nitrogen and oxygen atoms in total. The van der Waals surface area contributed by atoms with Crippen molar-refractivity contribution < 1.29 is 14.3 Å². The third-order valence-electron chi connectivity index (χ3n) is 2.17. The van der Waals surface area contributed by atoms with Gasteiger partial charge in [0.2, 0.25) is 0 Å². The highest BCUT2D eigenvalue weighted by atomic mass is 35.5. The van der Waals surface area contributed by atoms with E-state index in [4.69, 9.17) is 33.7 Å². The van der Waals surface area contributed by atoms with Gasteiger partial charge in [0.1, 0.15) is 0 Å². The van der Waals surface area contributed by atoms with Crippen molar-refractivity contribution in [3.05, 3.63) is 28.2 Å². The van der Waals surface area contributed by atoms with Crippen LogP contribution in [0.1, 0.15) is 0 Å². The number of aromatic nitrogens is 3. The van der Waals surface area contributed by atoms with Crippen molar-refractivity contribution in [2.75, 3.05) is 12.8 Å². The first-order valence-corrected chi connectivity index (χ1v) is 5.71. The normalized spacial score (nSPS) is 10.3. The van der Waals surface area contributed by atoms with Crippen molar-refractivity contribution in [1.29, 1.82) is 0 Å². The number of nitrogens with zero attached hydrogens (tertiary/aromatic N) is 3. The molecule has 2 rings (SSSR count). The molecule has 0 radical (unpaired) electrons. The molecule has 0 atom stereocenters. The van der Waals surface area contributed by atoms with Crippen LogP contribution in [0.25, 0.3) is 5.69 Å². The SMILES string of the molecule is COC(=O)Oc1nnn(-c2ccc(Cl)c(Cl)c2)c1N. The number of carbonyl (C=O) groups is 1. The molecule has 0 unspecified atom stereocenters. The molecular formula is C10H8Cl2N4O3. The molecule has 1 aromatic carbocycles. The summed E-state index contributed by atoms with van der Waals surface area (Å²) in [6, 6.07) is 4.78. The molecule has 0 aliphatic rings. The number of methoxy groups -OCH3 is 1. The topological polar surface area (TPSA) is 92.3 Å². The molecule has 2 aromatic rings. The lowest BCUT2D eigenvalue weighted by atomic mass is 10.3. The molecule has 19 heavy (non-hydrogen) atoms. The van der Waals surface area contributed by atoms with Crippen LogP contribution in [0.5, 0.6) is 5.88 Å². The van der Waals surface area contributed by atoms with Crippen LogP contribution in [-0.4, -0.2) is 28.3 Å². The van der Waals surface area contributed by atoms with Crippen molar-refractivity contribution in [2.24, 2.45) is 0 Å². The first kappa shape index (κ1) is 13.4. The number of hydrogen-bond acceptors (Lipinski definition) is 6. The fraction of sp³-hybridized carbons (Fsp3) is 0.100. The molecule has 1 heterocycles. The summed E-state index contributed by atoms with van der Waals surface area (Å²) in [6.45, 7) is 0. The van der Waals surface area contributed by atoms with Crippen molar-refractivity contribution in [3.63, 3.8) is 0 Å². The van der Waals surface area contributed by atoms with E-state index in [9.17, 15) is 4.79 Å². The minimum absolute atomic E-state index is 0.0313. The van der Waals surface area contributed by atoms with Crippen LogP contribution in [0.4, 0.5) is 10.6 Å². The predicted molar refractivity (Wildman–Crippen MR) is 68.8 cm³/mol. The minimum Gasteiger partial charge on any atom is -0.437 e. The zero-order valence-corrected chi connectivity index (χ0v) is 11.1. The fourth-order valence-electron chi connectivity index (χ4n) is 1.28. The molecule has 1 aromatic heterocycles. The number of nitrogen functional groups attached to an aromatic ring is 1. The lowest BCUT2D eigenvalue weighted by Gasteiger charge is -2.04. The van der Waals surface area contributed by atoms with Gasteiger partial charge in [-0.2, -0.15) is 4.68 Å². The van der Waals surface area contributed by atoms with E-state index in [-0.39, 0.29) is 11.7 Å². The van der Waals surface area contributed by atoms with Crippen LogP contribution in [0, 0.1) is 0 Å². The van der Waals surface area contributed by atoms with Gasteiger partial charge in [0.05, 0.1) is 22.8 Å². The molecule has 2 N–H and O–H groups in total. The van der Waals surface area contributed by atoms with Gasteiger partial charge < -0.3 is 15.2 Å². The highest BCUT2D eigenvalue weighted by Crippen LogP contribution is 2.27. The molecule has 0 aliphatic carbocycles. The summed E-state index contributed by atoms with van der Waals surface area (Å²) in [5, 5.41) is 8.11. The highest BCUT2D eigenvalue weighted by molar-refractivity contribution is 6.42. The molecule has 0 saturated heterocycles. The van der Waals surface area contributed by atoms with Gasteiger partial charge in [-0.1, -0.05) is 33.5 Å². The van der Waals surface area contributed by atoms with E-state index >= 15 is 0 Å². The maximum Gasteiger partial charge on any atom is 0.515 e. The summed E-state index contributed by atoms with van der Waals surface area (Å²) in [7, 11) is 1.17. The third kappa shape index (κ3) is 2.72. The Hall–Kier alpha value is -1.99. The van der Waals surface area contributed by atoms with Crippen molar-refractivity contribution in [2.45, 2.75) is 0 Å². The van der Waals surface area contributed by atoms with Crippen LogP contribution in [0.3, 0.4) is 0 Å². The summed E-state index contributed by atoms with van der Waals surface area (Å²) in [6.07, 6.45) is -0.937. The first-order valence-electron chi connectivity index (χ1n) is 4.95. The number of nitrogens with two attached hydrogens (primary N) is 1. The van der Waals surface area contributed by atoms with E-state index in [1.165, 1.54) is 11.8 Å². The summed E-state index contributed by atoms with van der Waals surface area (Å²) >= 11 is 11.7. The quantitative estimate of drug-likeness (QED) is 0.856. The monoisotopic (exact) mass is 302 g/mol. The number of hydrogen-bond donors (Lipinski definition) is 1. The zero-order valence-electron chi connectivity index (χ0n) is 9.63. The van der Waals surface area contributed by atoms with Crippen LogP contribution in [0.15, 0.2) is 18.2 Å². The minimum atomic E-state index is -0.937.